The zero-order valence-corrected chi connectivity index (χ0v) is 12.3. The van der Waals surface area contributed by atoms with Gasteiger partial charge in [-0.25, -0.2) is 0 Å². The molecule has 0 fully saturated rings. The molecular weight excluding hydrogens is 339 g/mol. The molecule has 2 N–H and O–H groups in total. The van der Waals surface area contributed by atoms with Gasteiger partial charge in [0, 0.05) is 22.4 Å². The molecule has 0 unspecified atom stereocenters. The number of rotatable bonds is 3. The number of pyridine rings is 1. The van der Waals surface area contributed by atoms with Crippen LogP contribution in [0.2, 0.25) is 10.0 Å². The lowest BCUT2D eigenvalue weighted by atomic mass is 10.3. The molecule has 0 amide bonds. The van der Waals surface area contributed by atoms with Crippen molar-refractivity contribution in [3.05, 3.63) is 50.7 Å². The minimum atomic E-state index is 0.280. The molecule has 2 rings (SSSR count). The molecule has 94 valence electrons. The second-order valence-electron chi connectivity index (χ2n) is 3.57. The number of hydrogen-bond donors (Lipinski definition) is 1. The van der Waals surface area contributed by atoms with Crippen molar-refractivity contribution in [2.75, 3.05) is 5.73 Å². The van der Waals surface area contributed by atoms with Gasteiger partial charge < -0.3 is 10.5 Å². The number of aromatic nitrogens is 1. The fourth-order valence-corrected chi connectivity index (χ4v) is 2.19. The second kappa shape index (κ2) is 5.78. The van der Waals surface area contributed by atoms with Gasteiger partial charge in [0.25, 0.3) is 0 Å². The standard InChI is InChI=1S/C12H9BrCl2N2O/c13-9-4-11(15)12(5-10(9)14)18-6-8-3-7(16)1-2-17-8/h1-5H,6H2,(H2,16,17). The Morgan fingerprint density at radius 3 is 2.72 bits per heavy atom. The van der Waals surface area contributed by atoms with Crippen molar-refractivity contribution < 1.29 is 4.74 Å². The monoisotopic (exact) mass is 346 g/mol. The van der Waals surface area contributed by atoms with Crippen LogP contribution in [0, 0.1) is 0 Å². The Hall–Kier alpha value is -0.970. The van der Waals surface area contributed by atoms with Crippen LogP contribution in [0.25, 0.3) is 0 Å². The molecule has 1 aromatic heterocycles. The van der Waals surface area contributed by atoms with Crippen LogP contribution in [0.5, 0.6) is 5.75 Å². The molecule has 0 aliphatic heterocycles. The number of anilines is 1. The van der Waals surface area contributed by atoms with Crippen LogP contribution in [0.4, 0.5) is 5.69 Å². The quantitative estimate of drug-likeness (QED) is 0.841. The summed E-state index contributed by atoms with van der Waals surface area (Å²) < 4.78 is 6.28. The van der Waals surface area contributed by atoms with Crippen LogP contribution >= 0.6 is 39.1 Å². The first-order valence-corrected chi connectivity index (χ1v) is 6.59. The highest BCUT2D eigenvalue weighted by Crippen LogP contribution is 2.34. The zero-order chi connectivity index (χ0) is 13.1. The molecule has 6 heteroatoms. The van der Waals surface area contributed by atoms with Crippen LogP contribution in [0.15, 0.2) is 34.9 Å². The number of nitrogen functional groups attached to an aromatic ring is 1. The van der Waals surface area contributed by atoms with E-state index in [0.717, 1.165) is 10.2 Å². The van der Waals surface area contributed by atoms with E-state index in [0.29, 0.717) is 21.5 Å². The first-order chi connectivity index (χ1) is 8.56. The fourth-order valence-electron chi connectivity index (χ4n) is 1.34. The Balaban J connectivity index is 2.13. The van der Waals surface area contributed by atoms with E-state index in [1.54, 1.807) is 30.5 Å². The SMILES string of the molecule is Nc1ccnc(COc2cc(Cl)c(Br)cc2Cl)c1. The molecule has 0 aliphatic carbocycles. The van der Waals surface area contributed by atoms with E-state index >= 15 is 0 Å². The number of nitrogens with two attached hydrogens (primary N) is 1. The first kappa shape index (κ1) is 13.5. The van der Waals surface area contributed by atoms with Crippen LogP contribution in [-0.2, 0) is 6.61 Å². The normalized spacial score (nSPS) is 10.4. The van der Waals surface area contributed by atoms with Crippen molar-refractivity contribution in [1.29, 1.82) is 0 Å². The fraction of sp³-hybridized carbons (Fsp3) is 0.0833. The summed E-state index contributed by atoms with van der Waals surface area (Å²) in [5.41, 5.74) is 7.02. The molecule has 0 spiro atoms. The van der Waals surface area contributed by atoms with Crippen LogP contribution in [0.3, 0.4) is 0 Å². The largest absolute Gasteiger partial charge is 0.486 e. The third-order valence-electron chi connectivity index (χ3n) is 2.19. The van der Waals surface area contributed by atoms with Gasteiger partial charge in [-0.1, -0.05) is 23.2 Å². The van der Waals surface area contributed by atoms with E-state index in [4.69, 9.17) is 33.7 Å². The third kappa shape index (κ3) is 3.28. The molecule has 1 aromatic carbocycles. The highest BCUT2D eigenvalue weighted by Gasteiger charge is 2.07. The van der Waals surface area contributed by atoms with Crippen molar-refractivity contribution >= 4 is 44.8 Å². The van der Waals surface area contributed by atoms with Crippen molar-refractivity contribution in [3.8, 4) is 5.75 Å². The predicted octanol–water partition coefficient (Wildman–Crippen LogP) is 4.31. The van der Waals surface area contributed by atoms with Crippen LogP contribution in [0.1, 0.15) is 5.69 Å². The first-order valence-electron chi connectivity index (χ1n) is 5.04. The van der Waals surface area contributed by atoms with E-state index in [9.17, 15) is 0 Å². The summed E-state index contributed by atoms with van der Waals surface area (Å²) in [6.07, 6.45) is 1.63. The Morgan fingerprint density at radius 1 is 1.22 bits per heavy atom. The number of nitrogens with zero attached hydrogens (tertiary/aromatic N) is 1. The molecule has 18 heavy (non-hydrogen) atoms. The van der Waals surface area contributed by atoms with Gasteiger partial charge in [-0.3, -0.25) is 4.98 Å². The van der Waals surface area contributed by atoms with Gasteiger partial charge in [0.2, 0.25) is 0 Å². The number of halogens is 3. The second-order valence-corrected chi connectivity index (χ2v) is 5.23. The molecule has 0 bridgehead atoms. The van der Waals surface area contributed by atoms with Gasteiger partial charge in [0.15, 0.2) is 0 Å². The maximum absolute atomic E-state index is 6.04. The summed E-state index contributed by atoms with van der Waals surface area (Å²) in [7, 11) is 0. The van der Waals surface area contributed by atoms with E-state index < -0.39 is 0 Å². The van der Waals surface area contributed by atoms with Gasteiger partial charge >= 0.3 is 0 Å². The van der Waals surface area contributed by atoms with Gasteiger partial charge in [-0.2, -0.15) is 0 Å². The van der Waals surface area contributed by atoms with Crippen molar-refractivity contribution in [1.82, 2.24) is 4.98 Å². The minimum absolute atomic E-state index is 0.280. The highest BCUT2D eigenvalue weighted by atomic mass is 79.9. The predicted molar refractivity (Wildman–Crippen MR) is 77.1 cm³/mol. The zero-order valence-electron chi connectivity index (χ0n) is 9.16. The number of ether oxygens (including phenoxy) is 1. The molecule has 0 aliphatic rings. The summed E-state index contributed by atoms with van der Waals surface area (Å²) in [5.74, 6) is 0.508. The number of hydrogen-bond acceptors (Lipinski definition) is 3. The highest BCUT2D eigenvalue weighted by molar-refractivity contribution is 9.10. The van der Waals surface area contributed by atoms with Gasteiger partial charge in [0.05, 0.1) is 15.7 Å². The topological polar surface area (TPSA) is 48.1 Å². The molecule has 0 saturated carbocycles. The van der Waals surface area contributed by atoms with Crippen LogP contribution in [-0.4, -0.2) is 4.98 Å². The van der Waals surface area contributed by atoms with Crippen LogP contribution < -0.4 is 10.5 Å². The summed E-state index contributed by atoms with van der Waals surface area (Å²) in [4.78, 5) is 4.13. The third-order valence-corrected chi connectivity index (χ3v) is 3.68. The lowest BCUT2D eigenvalue weighted by Crippen LogP contribution is -1.99. The Kier molecular flexibility index (Phi) is 4.32. The number of benzene rings is 1. The summed E-state index contributed by atoms with van der Waals surface area (Å²) >= 11 is 15.3. The molecule has 1 heterocycles. The van der Waals surface area contributed by atoms with E-state index in [2.05, 4.69) is 20.9 Å². The lowest BCUT2D eigenvalue weighted by Gasteiger charge is -2.09. The van der Waals surface area contributed by atoms with E-state index in [1.165, 1.54) is 0 Å². The van der Waals surface area contributed by atoms with E-state index in [-0.39, 0.29) is 6.61 Å². The smallest absolute Gasteiger partial charge is 0.140 e. The summed E-state index contributed by atoms with van der Waals surface area (Å²) in [5, 5.41) is 1.02. The molecule has 2 aromatic rings. The Labute approximate surface area is 123 Å². The molecule has 3 nitrogen and oxygen atoms in total. The van der Waals surface area contributed by atoms with Crippen molar-refractivity contribution in [2.45, 2.75) is 6.61 Å². The van der Waals surface area contributed by atoms with E-state index in [1.807, 2.05) is 0 Å². The maximum atomic E-state index is 6.04. The summed E-state index contributed by atoms with van der Waals surface area (Å²) in [6, 6.07) is 6.80. The Morgan fingerprint density at radius 2 is 2.00 bits per heavy atom. The molecular formula is C12H9BrCl2N2O. The maximum Gasteiger partial charge on any atom is 0.140 e. The van der Waals surface area contributed by atoms with Crippen molar-refractivity contribution in [2.24, 2.45) is 0 Å². The molecule has 0 atom stereocenters. The van der Waals surface area contributed by atoms with Gasteiger partial charge in [-0.15, -0.1) is 0 Å². The minimum Gasteiger partial charge on any atom is -0.486 e. The summed E-state index contributed by atoms with van der Waals surface area (Å²) in [6.45, 7) is 0.280. The molecule has 0 saturated heterocycles. The Bertz CT molecular complexity index is 578. The average molecular weight is 348 g/mol. The molecule has 0 radical (unpaired) electrons. The van der Waals surface area contributed by atoms with Crippen molar-refractivity contribution in [3.63, 3.8) is 0 Å². The van der Waals surface area contributed by atoms with Gasteiger partial charge in [0.1, 0.15) is 12.4 Å². The average Bonchev–Trinajstić information content (AvgIpc) is 2.32. The lowest BCUT2D eigenvalue weighted by molar-refractivity contribution is 0.301. The van der Waals surface area contributed by atoms with Gasteiger partial charge in [-0.05, 0) is 34.1 Å².